The van der Waals surface area contributed by atoms with Crippen molar-refractivity contribution in [3.8, 4) is 11.1 Å². The van der Waals surface area contributed by atoms with Gasteiger partial charge in [-0.05, 0) is 11.6 Å². The summed E-state index contributed by atoms with van der Waals surface area (Å²) >= 11 is 24.2. The van der Waals surface area contributed by atoms with Gasteiger partial charge in [-0.2, -0.15) is 0 Å². The third-order valence-corrected chi connectivity index (χ3v) is 3.75. The molecule has 0 radical (unpaired) electrons. The zero-order valence-electron chi connectivity index (χ0n) is 7.98. The van der Waals surface area contributed by atoms with E-state index >= 15 is 0 Å². The molecule has 16 heavy (non-hydrogen) atoms. The fourth-order valence-corrected chi connectivity index (χ4v) is 2.46. The zero-order valence-corrected chi connectivity index (χ0v) is 11.0. The van der Waals surface area contributed by atoms with Crippen LogP contribution in [0.3, 0.4) is 0 Å². The van der Waals surface area contributed by atoms with Crippen molar-refractivity contribution in [2.24, 2.45) is 0 Å². The lowest BCUT2D eigenvalue weighted by Crippen LogP contribution is -1.84. The summed E-state index contributed by atoms with van der Waals surface area (Å²) in [6, 6.07) is 11.1. The molecule has 0 aliphatic rings. The van der Waals surface area contributed by atoms with Crippen LogP contribution >= 0.6 is 46.4 Å². The molecule has 2 aromatic carbocycles. The lowest BCUT2D eigenvalue weighted by atomic mass is 10.1. The average molecular weight is 292 g/mol. The van der Waals surface area contributed by atoms with Crippen molar-refractivity contribution in [2.45, 2.75) is 0 Å². The summed E-state index contributed by atoms with van der Waals surface area (Å²) < 4.78 is 0. The summed E-state index contributed by atoms with van der Waals surface area (Å²) in [5, 5.41) is 1.63. The van der Waals surface area contributed by atoms with Gasteiger partial charge >= 0.3 is 0 Å². The van der Waals surface area contributed by atoms with Crippen molar-refractivity contribution in [3.05, 3.63) is 56.5 Å². The zero-order chi connectivity index (χ0) is 11.7. The molecule has 0 saturated heterocycles. The van der Waals surface area contributed by atoms with Crippen molar-refractivity contribution >= 4 is 46.4 Å². The van der Waals surface area contributed by atoms with Gasteiger partial charge in [-0.25, -0.2) is 0 Å². The summed E-state index contributed by atoms with van der Waals surface area (Å²) in [4.78, 5) is 0. The normalized spacial score (nSPS) is 10.5. The van der Waals surface area contributed by atoms with Gasteiger partial charge in [0, 0.05) is 5.56 Å². The number of rotatable bonds is 1. The number of hydrogen-bond donors (Lipinski definition) is 0. The second kappa shape index (κ2) is 4.85. The van der Waals surface area contributed by atoms with Gasteiger partial charge in [-0.3, -0.25) is 0 Å². The molecule has 0 aromatic heterocycles. The van der Waals surface area contributed by atoms with Gasteiger partial charge in [-0.1, -0.05) is 76.7 Å². The molecule has 0 spiro atoms. The van der Waals surface area contributed by atoms with Crippen molar-refractivity contribution in [1.82, 2.24) is 0 Å². The SMILES string of the molecule is Clc1cc(Cl)c(Cl)c(-c2ccccc2)c1Cl. The molecule has 0 aliphatic heterocycles. The first-order valence-electron chi connectivity index (χ1n) is 4.49. The number of benzene rings is 2. The maximum absolute atomic E-state index is 6.13. The van der Waals surface area contributed by atoms with E-state index in [0.717, 1.165) is 5.56 Å². The van der Waals surface area contributed by atoms with E-state index in [0.29, 0.717) is 25.7 Å². The van der Waals surface area contributed by atoms with Gasteiger partial charge in [-0.15, -0.1) is 0 Å². The second-order valence-corrected chi connectivity index (χ2v) is 4.78. The fraction of sp³-hybridized carbons (Fsp3) is 0. The van der Waals surface area contributed by atoms with Crippen LogP contribution in [0.1, 0.15) is 0 Å². The minimum absolute atomic E-state index is 0.398. The van der Waals surface area contributed by atoms with Crippen LogP contribution in [0, 0.1) is 0 Å². The van der Waals surface area contributed by atoms with Gasteiger partial charge in [0.15, 0.2) is 0 Å². The predicted molar refractivity (Wildman–Crippen MR) is 71.9 cm³/mol. The molecule has 0 nitrogen and oxygen atoms in total. The fourth-order valence-electron chi connectivity index (χ4n) is 1.43. The molecule has 0 amide bonds. The first kappa shape index (κ1) is 12.1. The monoisotopic (exact) mass is 290 g/mol. The molecule has 0 unspecified atom stereocenters. The summed E-state index contributed by atoms with van der Waals surface area (Å²) in [7, 11) is 0. The molecule has 0 bridgehead atoms. The third-order valence-electron chi connectivity index (χ3n) is 2.17. The molecule has 2 aromatic rings. The van der Waals surface area contributed by atoms with E-state index in [2.05, 4.69) is 0 Å². The summed E-state index contributed by atoms with van der Waals surface area (Å²) in [6.07, 6.45) is 0. The van der Waals surface area contributed by atoms with Crippen molar-refractivity contribution in [2.75, 3.05) is 0 Å². The third kappa shape index (κ3) is 2.16. The van der Waals surface area contributed by atoms with Crippen LogP contribution in [-0.4, -0.2) is 0 Å². The number of hydrogen-bond acceptors (Lipinski definition) is 0. The maximum Gasteiger partial charge on any atom is 0.0686 e. The minimum atomic E-state index is 0.398. The smallest absolute Gasteiger partial charge is 0.0686 e. The highest BCUT2D eigenvalue weighted by molar-refractivity contribution is 6.50. The Morgan fingerprint density at radius 1 is 0.688 bits per heavy atom. The molecule has 0 aliphatic carbocycles. The molecular weight excluding hydrogens is 286 g/mol. The molecular formula is C12H6Cl4. The van der Waals surface area contributed by atoms with Crippen LogP contribution < -0.4 is 0 Å². The average Bonchev–Trinajstić information content (AvgIpc) is 2.28. The van der Waals surface area contributed by atoms with Crippen LogP contribution in [0.2, 0.25) is 20.1 Å². The van der Waals surface area contributed by atoms with Crippen LogP contribution in [0.25, 0.3) is 11.1 Å². The van der Waals surface area contributed by atoms with E-state index in [1.54, 1.807) is 6.07 Å². The lowest BCUT2D eigenvalue weighted by Gasteiger charge is -2.10. The van der Waals surface area contributed by atoms with Gasteiger partial charge in [0.2, 0.25) is 0 Å². The van der Waals surface area contributed by atoms with Crippen molar-refractivity contribution in [1.29, 1.82) is 0 Å². The standard InChI is InChI=1S/C12H6Cl4/c13-8-6-9(14)12(16)10(11(8)15)7-4-2-1-3-5-7/h1-6H. The van der Waals surface area contributed by atoms with E-state index in [-0.39, 0.29) is 0 Å². The van der Waals surface area contributed by atoms with E-state index < -0.39 is 0 Å². The quantitative estimate of drug-likeness (QED) is 0.568. The Morgan fingerprint density at radius 3 is 1.69 bits per heavy atom. The first-order valence-corrected chi connectivity index (χ1v) is 6.01. The largest absolute Gasteiger partial charge is 0.0826 e. The minimum Gasteiger partial charge on any atom is -0.0826 e. The van der Waals surface area contributed by atoms with Crippen molar-refractivity contribution < 1.29 is 0 Å². The highest BCUT2D eigenvalue weighted by Gasteiger charge is 2.14. The Labute approximate surface area is 114 Å². The second-order valence-electron chi connectivity index (χ2n) is 3.21. The molecule has 0 atom stereocenters. The van der Waals surface area contributed by atoms with E-state index in [9.17, 15) is 0 Å². The van der Waals surface area contributed by atoms with Crippen molar-refractivity contribution in [3.63, 3.8) is 0 Å². The Bertz CT molecular complexity index is 494. The highest BCUT2D eigenvalue weighted by Crippen LogP contribution is 2.42. The van der Waals surface area contributed by atoms with Gasteiger partial charge in [0.25, 0.3) is 0 Å². The van der Waals surface area contributed by atoms with Gasteiger partial charge < -0.3 is 0 Å². The summed E-state index contributed by atoms with van der Waals surface area (Å²) in [5.74, 6) is 0. The van der Waals surface area contributed by atoms with Gasteiger partial charge in [0.1, 0.15) is 0 Å². The summed E-state index contributed by atoms with van der Waals surface area (Å²) in [6.45, 7) is 0. The molecule has 0 fully saturated rings. The van der Waals surface area contributed by atoms with E-state index in [1.165, 1.54) is 0 Å². The van der Waals surface area contributed by atoms with Crippen LogP contribution in [0.5, 0.6) is 0 Å². The molecule has 0 saturated carbocycles. The predicted octanol–water partition coefficient (Wildman–Crippen LogP) is 5.97. The molecule has 4 heteroatoms. The van der Waals surface area contributed by atoms with E-state index in [4.69, 9.17) is 46.4 Å². The Kier molecular flexibility index (Phi) is 3.66. The van der Waals surface area contributed by atoms with Crippen LogP contribution in [-0.2, 0) is 0 Å². The first-order chi connectivity index (χ1) is 7.61. The summed E-state index contributed by atoms with van der Waals surface area (Å²) in [5.41, 5.74) is 1.56. The lowest BCUT2D eigenvalue weighted by molar-refractivity contribution is 1.61. The highest BCUT2D eigenvalue weighted by atomic mass is 35.5. The Morgan fingerprint density at radius 2 is 1.19 bits per heavy atom. The van der Waals surface area contributed by atoms with Crippen LogP contribution in [0.4, 0.5) is 0 Å². The Hall–Kier alpha value is -0.400. The molecule has 0 heterocycles. The van der Waals surface area contributed by atoms with Gasteiger partial charge in [0.05, 0.1) is 20.1 Å². The molecule has 0 N–H and O–H groups in total. The Balaban J connectivity index is 2.74. The molecule has 2 rings (SSSR count). The maximum atomic E-state index is 6.13. The molecule has 82 valence electrons. The van der Waals surface area contributed by atoms with E-state index in [1.807, 2.05) is 30.3 Å². The van der Waals surface area contributed by atoms with Crippen LogP contribution in [0.15, 0.2) is 36.4 Å². The topological polar surface area (TPSA) is 0 Å². The number of halogens is 4.